The number of non-ortho nitro benzene ring substituents is 1. The smallest absolute Gasteiger partial charge is 0.282 e. The van der Waals surface area contributed by atoms with Gasteiger partial charge in [0.1, 0.15) is 5.70 Å². The number of imide groups is 1. The fourth-order valence-corrected chi connectivity index (χ4v) is 3.33. The van der Waals surface area contributed by atoms with Crippen LogP contribution in [-0.2, 0) is 9.59 Å². The maximum absolute atomic E-state index is 13.3. The van der Waals surface area contributed by atoms with E-state index in [9.17, 15) is 19.7 Å². The number of carbonyl (C=O) groups is 2. The van der Waals surface area contributed by atoms with Crippen LogP contribution in [0.3, 0.4) is 0 Å². The minimum atomic E-state index is -0.512. The first kappa shape index (κ1) is 19.1. The lowest BCUT2D eigenvalue weighted by Crippen LogP contribution is -2.32. The van der Waals surface area contributed by atoms with Crippen molar-refractivity contribution in [2.45, 2.75) is 6.92 Å². The molecule has 0 saturated carbocycles. The van der Waals surface area contributed by atoms with Crippen molar-refractivity contribution in [2.75, 3.05) is 10.2 Å². The molecule has 0 radical (unpaired) electrons. The number of anilines is 2. The van der Waals surface area contributed by atoms with E-state index in [0.717, 1.165) is 10.5 Å². The van der Waals surface area contributed by atoms with Crippen molar-refractivity contribution in [3.8, 4) is 0 Å². The lowest BCUT2D eigenvalue weighted by atomic mass is 10.0. The third-order valence-corrected chi connectivity index (χ3v) is 4.75. The van der Waals surface area contributed by atoms with Gasteiger partial charge in [-0.25, -0.2) is 4.90 Å². The summed E-state index contributed by atoms with van der Waals surface area (Å²) in [5, 5.41) is 14.0. The Hall–Kier alpha value is -4.26. The second-order valence-electron chi connectivity index (χ2n) is 6.83. The van der Waals surface area contributed by atoms with E-state index in [4.69, 9.17) is 0 Å². The van der Waals surface area contributed by atoms with E-state index in [2.05, 4.69) is 5.32 Å². The summed E-state index contributed by atoms with van der Waals surface area (Å²) in [5.41, 5.74) is 2.65. The van der Waals surface area contributed by atoms with Crippen LogP contribution in [0.1, 0.15) is 11.1 Å². The van der Waals surface area contributed by atoms with Crippen molar-refractivity contribution in [1.29, 1.82) is 0 Å². The van der Waals surface area contributed by atoms with Gasteiger partial charge in [0.25, 0.3) is 17.5 Å². The van der Waals surface area contributed by atoms with Crippen LogP contribution in [0.4, 0.5) is 17.1 Å². The number of nitrogens with one attached hydrogen (secondary N) is 1. The van der Waals surface area contributed by atoms with Crippen LogP contribution in [0.25, 0.3) is 5.57 Å². The summed E-state index contributed by atoms with van der Waals surface area (Å²) in [6, 6.07) is 21.7. The normalized spacial score (nSPS) is 13.7. The van der Waals surface area contributed by atoms with E-state index in [-0.39, 0.29) is 17.0 Å². The zero-order valence-corrected chi connectivity index (χ0v) is 16.0. The average molecular weight is 399 g/mol. The Labute approximate surface area is 172 Å². The third-order valence-electron chi connectivity index (χ3n) is 4.75. The van der Waals surface area contributed by atoms with Crippen LogP contribution in [-0.4, -0.2) is 16.7 Å². The molecule has 2 amide bonds. The van der Waals surface area contributed by atoms with E-state index in [1.807, 2.05) is 31.2 Å². The van der Waals surface area contributed by atoms with Crippen molar-refractivity contribution in [2.24, 2.45) is 0 Å². The Morgan fingerprint density at radius 2 is 1.57 bits per heavy atom. The number of para-hydroxylation sites is 1. The van der Waals surface area contributed by atoms with Gasteiger partial charge in [-0.05, 0) is 54.4 Å². The van der Waals surface area contributed by atoms with Crippen LogP contribution in [0, 0.1) is 17.0 Å². The van der Waals surface area contributed by atoms with Crippen molar-refractivity contribution >= 4 is 34.4 Å². The Bertz CT molecular complexity index is 1180. The fourth-order valence-electron chi connectivity index (χ4n) is 3.33. The molecule has 148 valence electrons. The predicted octanol–water partition coefficient (Wildman–Crippen LogP) is 4.30. The summed E-state index contributed by atoms with van der Waals surface area (Å²) in [7, 11) is 0. The molecular formula is C23H17N3O4. The highest BCUT2D eigenvalue weighted by atomic mass is 16.6. The largest absolute Gasteiger partial charge is 0.350 e. The van der Waals surface area contributed by atoms with Gasteiger partial charge in [-0.1, -0.05) is 30.3 Å². The number of hydrogen-bond acceptors (Lipinski definition) is 5. The molecule has 30 heavy (non-hydrogen) atoms. The zero-order valence-electron chi connectivity index (χ0n) is 16.0. The van der Waals surface area contributed by atoms with Gasteiger partial charge in [-0.2, -0.15) is 0 Å². The molecule has 0 bridgehead atoms. The maximum atomic E-state index is 13.3. The van der Waals surface area contributed by atoms with Gasteiger partial charge < -0.3 is 5.32 Å². The van der Waals surface area contributed by atoms with Crippen LogP contribution in [0.2, 0.25) is 0 Å². The number of nitro benzene ring substituents is 1. The van der Waals surface area contributed by atoms with Gasteiger partial charge in [-0.15, -0.1) is 0 Å². The fraction of sp³-hybridized carbons (Fsp3) is 0.0435. The van der Waals surface area contributed by atoms with Gasteiger partial charge >= 0.3 is 0 Å². The molecule has 0 fully saturated rings. The monoisotopic (exact) mass is 399 g/mol. The molecule has 0 aromatic heterocycles. The summed E-state index contributed by atoms with van der Waals surface area (Å²) in [6.07, 6.45) is 0. The highest BCUT2D eigenvalue weighted by Crippen LogP contribution is 2.34. The first-order chi connectivity index (χ1) is 14.5. The van der Waals surface area contributed by atoms with Crippen LogP contribution >= 0.6 is 0 Å². The highest BCUT2D eigenvalue weighted by Gasteiger charge is 2.40. The Morgan fingerprint density at radius 3 is 2.20 bits per heavy atom. The molecule has 1 aliphatic heterocycles. The molecule has 4 rings (SSSR count). The summed E-state index contributed by atoms with van der Waals surface area (Å²) < 4.78 is 0. The van der Waals surface area contributed by atoms with E-state index >= 15 is 0 Å². The second-order valence-corrected chi connectivity index (χ2v) is 6.83. The first-order valence-corrected chi connectivity index (χ1v) is 9.22. The molecule has 7 heteroatoms. The van der Waals surface area contributed by atoms with Crippen molar-refractivity contribution in [1.82, 2.24) is 0 Å². The van der Waals surface area contributed by atoms with Crippen LogP contribution < -0.4 is 10.2 Å². The molecule has 0 atom stereocenters. The minimum Gasteiger partial charge on any atom is -0.350 e. The molecule has 3 aromatic rings. The Morgan fingerprint density at radius 1 is 0.867 bits per heavy atom. The minimum absolute atomic E-state index is 0.0933. The van der Waals surface area contributed by atoms with Gasteiger partial charge in [0.05, 0.1) is 16.2 Å². The van der Waals surface area contributed by atoms with E-state index in [1.165, 1.54) is 24.3 Å². The summed E-state index contributed by atoms with van der Waals surface area (Å²) in [5.74, 6) is -0.972. The molecule has 1 aliphatic rings. The number of nitro groups is 1. The van der Waals surface area contributed by atoms with Gasteiger partial charge in [0.15, 0.2) is 0 Å². The molecule has 0 unspecified atom stereocenters. The average Bonchev–Trinajstić information content (AvgIpc) is 2.98. The van der Waals surface area contributed by atoms with Gasteiger partial charge in [0.2, 0.25) is 0 Å². The van der Waals surface area contributed by atoms with Gasteiger partial charge in [-0.3, -0.25) is 19.7 Å². The SMILES string of the molecule is Cc1cccc(N2C(=O)C(Nc3ccccc3)=C(c3ccc([N+](=O)[O-])cc3)C2=O)c1. The van der Waals surface area contributed by atoms with Crippen LogP contribution in [0.15, 0.2) is 84.6 Å². The molecule has 0 aliphatic carbocycles. The maximum Gasteiger partial charge on any atom is 0.282 e. The quantitative estimate of drug-likeness (QED) is 0.392. The Kier molecular flexibility index (Phi) is 4.85. The number of carbonyl (C=O) groups excluding carboxylic acids is 2. The molecule has 7 nitrogen and oxygen atoms in total. The molecular weight excluding hydrogens is 382 g/mol. The van der Waals surface area contributed by atoms with E-state index in [0.29, 0.717) is 16.9 Å². The molecule has 3 aromatic carbocycles. The molecule has 1 heterocycles. The zero-order chi connectivity index (χ0) is 21.3. The third kappa shape index (κ3) is 3.44. The van der Waals surface area contributed by atoms with Crippen molar-refractivity contribution in [3.05, 3.63) is 106 Å². The number of amides is 2. The number of nitrogens with zero attached hydrogens (tertiary/aromatic N) is 2. The van der Waals surface area contributed by atoms with Crippen molar-refractivity contribution in [3.63, 3.8) is 0 Å². The topological polar surface area (TPSA) is 92.6 Å². The number of benzene rings is 3. The first-order valence-electron chi connectivity index (χ1n) is 9.22. The summed E-state index contributed by atoms with van der Waals surface area (Å²) in [6.45, 7) is 1.88. The van der Waals surface area contributed by atoms with Crippen molar-refractivity contribution < 1.29 is 14.5 Å². The highest BCUT2D eigenvalue weighted by molar-refractivity contribution is 6.46. The van der Waals surface area contributed by atoms with Gasteiger partial charge in [0, 0.05) is 17.8 Å². The lowest BCUT2D eigenvalue weighted by Gasteiger charge is -2.16. The molecule has 1 N–H and O–H groups in total. The number of aryl methyl sites for hydroxylation is 1. The van der Waals surface area contributed by atoms with Crippen LogP contribution in [0.5, 0.6) is 0 Å². The second kappa shape index (κ2) is 7.63. The van der Waals surface area contributed by atoms with E-state index < -0.39 is 16.7 Å². The molecule has 0 saturated heterocycles. The standard InChI is InChI=1S/C23H17N3O4/c1-15-6-5-9-19(14-15)25-22(27)20(16-10-12-18(13-11-16)26(29)30)21(23(25)28)24-17-7-3-2-4-8-17/h2-14,24H,1H3. The lowest BCUT2D eigenvalue weighted by molar-refractivity contribution is -0.384. The number of rotatable bonds is 5. The summed E-state index contributed by atoms with van der Waals surface area (Å²) >= 11 is 0. The Balaban J connectivity index is 1.82. The van der Waals surface area contributed by atoms with E-state index in [1.54, 1.807) is 30.3 Å². The predicted molar refractivity (Wildman–Crippen MR) is 114 cm³/mol. The summed E-state index contributed by atoms with van der Waals surface area (Å²) in [4.78, 5) is 38.2. The number of hydrogen-bond donors (Lipinski definition) is 1. The molecule has 0 spiro atoms.